The van der Waals surface area contributed by atoms with E-state index < -0.39 is 27.7 Å². The van der Waals surface area contributed by atoms with Crippen molar-refractivity contribution in [3.05, 3.63) is 69.3 Å². The second kappa shape index (κ2) is 13.3. The number of carbonyl (C=O) groups is 2. The fourth-order valence-electron chi connectivity index (χ4n) is 3.76. The monoisotopic (exact) mass is 587 g/mol. The van der Waals surface area contributed by atoms with E-state index in [1.807, 2.05) is 4.72 Å². The van der Waals surface area contributed by atoms with Crippen LogP contribution in [0.1, 0.15) is 16.7 Å². The lowest BCUT2D eigenvalue weighted by Crippen LogP contribution is -2.35. The zero-order chi connectivity index (χ0) is 30.3. The number of benzene rings is 2. The molecule has 0 saturated carbocycles. The normalized spacial score (nSPS) is 11.1. The van der Waals surface area contributed by atoms with Crippen LogP contribution in [0.4, 0.5) is 14.9 Å². The Balaban J connectivity index is 2.05. The number of hydrogen-bond donors (Lipinski definition) is 3. The maximum absolute atomic E-state index is 15.3. The van der Waals surface area contributed by atoms with Crippen LogP contribution in [-0.4, -0.2) is 71.5 Å². The molecule has 0 aliphatic heterocycles. The van der Waals surface area contributed by atoms with Crippen molar-refractivity contribution in [2.75, 3.05) is 46.0 Å². The molecule has 14 heteroatoms. The van der Waals surface area contributed by atoms with Crippen LogP contribution in [0, 0.1) is 18.2 Å². The van der Waals surface area contributed by atoms with Gasteiger partial charge in [-0.15, -0.1) is 6.42 Å². The van der Waals surface area contributed by atoms with E-state index in [9.17, 15) is 22.8 Å². The Morgan fingerprint density at radius 3 is 2.54 bits per heavy atom. The van der Waals surface area contributed by atoms with Crippen molar-refractivity contribution in [3.63, 3.8) is 0 Å². The number of carbonyl (C=O) groups excluding carboxylic acids is 2. The Bertz CT molecular complexity index is 1660. The van der Waals surface area contributed by atoms with Gasteiger partial charge in [-0.1, -0.05) is 18.1 Å². The third-order valence-corrected chi connectivity index (χ3v) is 6.98. The summed E-state index contributed by atoms with van der Waals surface area (Å²) >= 11 is 0. The van der Waals surface area contributed by atoms with Crippen molar-refractivity contribution >= 4 is 38.9 Å². The standard InChI is InChI=1S/C27H30FN5O7S/c1-6-12-33(5)24(34)16-30-15-21-19-11-10-18(39-27(36)32(3)4)14-23(19)40-26(35)20(21)13-17-8-7-9-22(25(17)28)31-41(37,38)29-2/h1,7-11,14,29-31H,12-13,15-16H2,2-5H3. The number of rotatable bonds is 11. The van der Waals surface area contributed by atoms with Gasteiger partial charge in [0, 0.05) is 58.2 Å². The molecule has 1 aromatic heterocycles. The van der Waals surface area contributed by atoms with Gasteiger partial charge in [-0.05, 0) is 29.3 Å². The van der Waals surface area contributed by atoms with Crippen LogP contribution in [0.2, 0.25) is 0 Å². The number of nitrogens with one attached hydrogen (secondary N) is 3. The number of hydrogen-bond acceptors (Lipinski definition) is 8. The van der Waals surface area contributed by atoms with Gasteiger partial charge in [0.15, 0.2) is 5.82 Å². The molecule has 0 bridgehead atoms. The second-order valence-electron chi connectivity index (χ2n) is 9.09. The summed E-state index contributed by atoms with van der Waals surface area (Å²) < 4.78 is 54.1. The van der Waals surface area contributed by atoms with Crippen molar-refractivity contribution in [2.24, 2.45) is 0 Å². The molecule has 2 amide bonds. The topological polar surface area (TPSA) is 150 Å². The van der Waals surface area contributed by atoms with Crippen molar-refractivity contribution < 1.29 is 31.6 Å². The number of terminal acetylenes is 1. The van der Waals surface area contributed by atoms with Gasteiger partial charge in [0.1, 0.15) is 11.3 Å². The summed E-state index contributed by atoms with van der Waals surface area (Å²) in [5, 5.41) is 3.44. The second-order valence-corrected chi connectivity index (χ2v) is 10.7. The van der Waals surface area contributed by atoms with E-state index >= 15 is 4.39 Å². The zero-order valence-electron chi connectivity index (χ0n) is 22.9. The first-order valence-corrected chi connectivity index (χ1v) is 13.7. The Morgan fingerprint density at radius 2 is 1.88 bits per heavy atom. The lowest BCUT2D eigenvalue weighted by molar-refractivity contribution is -0.128. The molecule has 0 atom stereocenters. The summed E-state index contributed by atoms with van der Waals surface area (Å²) in [5.41, 5.74) is -0.477. The lowest BCUT2D eigenvalue weighted by atomic mass is 9.97. The molecule has 3 rings (SSSR count). The summed E-state index contributed by atoms with van der Waals surface area (Å²) in [6.45, 7) is 0.0239. The minimum atomic E-state index is -4.00. The summed E-state index contributed by atoms with van der Waals surface area (Å²) in [6.07, 6.45) is 4.38. The van der Waals surface area contributed by atoms with Gasteiger partial charge in [-0.2, -0.15) is 8.42 Å². The Kier molecular flexibility index (Phi) is 10.1. The fourth-order valence-corrected chi connectivity index (χ4v) is 4.31. The first-order valence-electron chi connectivity index (χ1n) is 12.2. The molecule has 1 heterocycles. The summed E-state index contributed by atoms with van der Waals surface area (Å²) in [4.78, 5) is 40.1. The molecule has 3 aromatic rings. The van der Waals surface area contributed by atoms with Gasteiger partial charge in [0.2, 0.25) is 5.91 Å². The van der Waals surface area contributed by atoms with Crippen LogP contribution < -0.4 is 25.1 Å². The van der Waals surface area contributed by atoms with Crippen molar-refractivity contribution in [2.45, 2.75) is 13.0 Å². The molecule has 41 heavy (non-hydrogen) atoms. The van der Waals surface area contributed by atoms with E-state index in [0.29, 0.717) is 10.9 Å². The smallest absolute Gasteiger partial charge is 0.414 e. The van der Waals surface area contributed by atoms with Gasteiger partial charge < -0.3 is 24.3 Å². The van der Waals surface area contributed by atoms with Crippen LogP contribution in [-0.2, 0) is 28.0 Å². The third kappa shape index (κ3) is 7.82. The molecule has 2 aromatic carbocycles. The van der Waals surface area contributed by atoms with Crippen LogP contribution in [0.5, 0.6) is 5.75 Å². The van der Waals surface area contributed by atoms with Gasteiger partial charge in [-0.25, -0.2) is 18.7 Å². The number of ether oxygens (including phenoxy) is 1. The average molecular weight is 588 g/mol. The van der Waals surface area contributed by atoms with E-state index in [0.717, 1.165) is 0 Å². The van der Waals surface area contributed by atoms with E-state index in [1.165, 1.54) is 61.3 Å². The summed E-state index contributed by atoms with van der Waals surface area (Å²) in [5.74, 6) is 1.35. The number of amides is 2. The van der Waals surface area contributed by atoms with E-state index in [2.05, 4.69) is 16.0 Å². The predicted molar refractivity (Wildman–Crippen MR) is 151 cm³/mol. The zero-order valence-corrected chi connectivity index (χ0v) is 23.7. The minimum Gasteiger partial charge on any atom is -0.422 e. The van der Waals surface area contributed by atoms with Crippen LogP contribution in [0.3, 0.4) is 0 Å². The number of likely N-dealkylation sites (N-methyl/N-ethyl adjacent to an activating group) is 1. The highest BCUT2D eigenvalue weighted by molar-refractivity contribution is 7.90. The van der Waals surface area contributed by atoms with Crippen LogP contribution in [0.15, 0.2) is 45.6 Å². The largest absolute Gasteiger partial charge is 0.422 e. The van der Waals surface area contributed by atoms with Crippen LogP contribution in [0.25, 0.3) is 11.0 Å². The average Bonchev–Trinajstić information content (AvgIpc) is 2.92. The molecular weight excluding hydrogens is 557 g/mol. The molecule has 12 nitrogen and oxygen atoms in total. The number of nitrogens with zero attached hydrogens (tertiary/aromatic N) is 2. The maximum atomic E-state index is 15.3. The van der Waals surface area contributed by atoms with E-state index in [-0.39, 0.29) is 60.1 Å². The van der Waals surface area contributed by atoms with Crippen molar-refractivity contribution in [1.29, 1.82) is 0 Å². The molecule has 0 radical (unpaired) electrons. The molecule has 0 spiro atoms. The summed E-state index contributed by atoms with van der Waals surface area (Å²) in [6, 6.07) is 8.57. The fraction of sp³-hybridized carbons (Fsp3) is 0.296. The highest BCUT2D eigenvalue weighted by Crippen LogP contribution is 2.28. The van der Waals surface area contributed by atoms with Crippen molar-refractivity contribution in [1.82, 2.24) is 19.8 Å². The predicted octanol–water partition coefficient (Wildman–Crippen LogP) is 1.64. The Morgan fingerprint density at radius 1 is 1.15 bits per heavy atom. The maximum Gasteiger partial charge on any atom is 0.414 e. The highest BCUT2D eigenvalue weighted by atomic mass is 32.2. The van der Waals surface area contributed by atoms with E-state index in [4.69, 9.17) is 15.6 Å². The van der Waals surface area contributed by atoms with Gasteiger partial charge in [-0.3, -0.25) is 9.52 Å². The Labute approximate surface area is 236 Å². The quantitative estimate of drug-likeness (QED) is 0.226. The molecule has 0 unspecified atom stereocenters. The highest BCUT2D eigenvalue weighted by Gasteiger charge is 2.20. The molecule has 0 fully saturated rings. The van der Waals surface area contributed by atoms with Gasteiger partial charge in [0.05, 0.1) is 18.8 Å². The lowest BCUT2D eigenvalue weighted by Gasteiger charge is -2.17. The first kappa shape index (κ1) is 31.1. The van der Waals surface area contributed by atoms with Gasteiger partial charge >= 0.3 is 11.7 Å². The summed E-state index contributed by atoms with van der Waals surface area (Å²) in [7, 11) is 1.75. The molecule has 0 saturated heterocycles. The molecule has 0 aliphatic rings. The van der Waals surface area contributed by atoms with E-state index in [1.54, 1.807) is 13.1 Å². The number of halogens is 1. The Hall–Kier alpha value is -4.45. The number of anilines is 1. The van der Waals surface area contributed by atoms with Gasteiger partial charge in [0.25, 0.3) is 10.2 Å². The molecule has 218 valence electrons. The van der Waals surface area contributed by atoms with Crippen LogP contribution >= 0.6 is 0 Å². The molecule has 3 N–H and O–H groups in total. The minimum absolute atomic E-state index is 0.0115. The number of fused-ring (bicyclic) bond motifs is 1. The first-order chi connectivity index (χ1) is 19.4. The molecular formula is C27H30FN5O7S. The van der Waals surface area contributed by atoms with Crippen molar-refractivity contribution in [3.8, 4) is 18.1 Å². The molecule has 0 aliphatic carbocycles. The SMILES string of the molecule is C#CCN(C)C(=O)CNCc1c(Cc2cccc(NS(=O)(=O)NC)c2F)c(=O)oc2cc(OC(=O)N(C)C)ccc12. The third-order valence-electron chi connectivity index (χ3n) is 5.95.